The molecule has 1 aromatic carbocycles. The summed E-state index contributed by atoms with van der Waals surface area (Å²) in [4.78, 5) is 12.1. The van der Waals surface area contributed by atoms with Crippen molar-refractivity contribution in [3.05, 3.63) is 34.3 Å². The Morgan fingerprint density at radius 3 is 2.89 bits per heavy atom. The Morgan fingerprint density at radius 2 is 2.17 bits per heavy atom. The van der Waals surface area contributed by atoms with Crippen molar-refractivity contribution in [1.82, 2.24) is 10.6 Å². The number of rotatable bonds is 3. The van der Waals surface area contributed by atoms with Gasteiger partial charge in [0.2, 0.25) is 0 Å². The maximum absolute atomic E-state index is 12.1. The second kappa shape index (κ2) is 6.21. The van der Waals surface area contributed by atoms with E-state index in [4.69, 9.17) is 11.6 Å². The van der Waals surface area contributed by atoms with Gasteiger partial charge in [-0.25, -0.2) is 0 Å². The minimum atomic E-state index is -0.0199. The maximum atomic E-state index is 12.1. The Hall–Kier alpha value is -1.06. The highest BCUT2D eigenvalue weighted by Gasteiger charge is 2.15. The van der Waals surface area contributed by atoms with Gasteiger partial charge in [-0.15, -0.1) is 0 Å². The lowest BCUT2D eigenvalue weighted by Crippen LogP contribution is -2.36. The van der Waals surface area contributed by atoms with E-state index >= 15 is 0 Å². The van der Waals surface area contributed by atoms with E-state index < -0.39 is 0 Å². The maximum Gasteiger partial charge on any atom is 0.251 e. The highest BCUT2D eigenvalue weighted by Crippen LogP contribution is 2.18. The van der Waals surface area contributed by atoms with Gasteiger partial charge in [0.1, 0.15) is 0 Å². The molecule has 0 aromatic heterocycles. The standard InChI is InChI=1S/C14H19ClN2O/c1-10-12(3-2-4-13(10)15)14(18)17-9-11-5-7-16-8-6-11/h2-4,11,16H,5-9H2,1H3,(H,17,18). The summed E-state index contributed by atoms with van der Waals surface area (Å²) in [6.45, 7) is 4.74. The van der Waals surface area contributed by atoms with Gasteiger partial charge in [-0.1, -0.05) is 17.7 Å². The van der Waals surface area contributed by atoms with Crippen LogP contribution in [0.15, 0.2) is 18.2 Å². The first-order valence-electron chi connectivity index (χ1n) is 6.42. The summed E-state index contributed by atoms with van der Waals surface area (Å²) in [5, 5.41) is 6.97. The van der Waals surface area contributed by atoms with Crippen LogP contribution in [0, 0.1) is 12.8 Å². The summed E-state index contributed by atoms with van der Waals surface area (Å²) in [5.74, 6) is 0.572. The third-order valence-electron chi connectivity index (χ3n) is 3.52. The zero-order valence-corrected chi connectivity index (χ0v) is 11.4. The zero-order chi connectivity index (χ0) is 13.0. The van der Waals surface area contributed by atoms with Gasteiger partial charge in [-0.05, 0) is 56.5 Å². The van der Waals surface area contributed by atoms with Crippen molar-refractivity contribution in [3.8, 4) is 0 Å². The van der Waals surface area contributed by atoms with Crippen LogP contribution < -0.4 is 10.6 Å². The van der Waals surface area contributed by atoms with E-state index in [1.165, 1.54) is 0 Å². The second-order valence-corrected chi connectivity index (χ2v) is 5.22. The van der Waals surface area contributed by atoms with Crippen LogP contribution in [0.3, 0.4) is 0 Å². The average molecular weight is 267 g/mol. The number of benzene rings is 1. The Morgan fingerprint density at radius 1 is 1.44 bits per heavy atom. The number of hydrogen-bond donors (Lipinski definition) is 2. The molecule has 0 saturated carbocycles. The Balaban J connectivity index is 1.93. The monoisotopic (exact) mass is 266 g/mol. The molecule has 1 aromatic rings. The van der Waals surface area contributed by atoms with Crippen molar-refractivity contribution in [1.29, 1.82) is 0 Å². The van der Waals surface area contributed by atoms with E-state index in [2.05, 4.69) is 10.6 Å². The number of hydrogen-bond acceptors (Lipinski definition) is 2. The summed E-state index contributed by atoms with van der Waals surface area (Å²) in [5.41, 5.74) is 1.53. The van der Waals surface area contributed by atoms with E-state index in [0.29, 0.717) is 16.5 Å². The van der Waals surface area contributed by atoms with Crippen molar-refractivity contribution >= 4 is 17.5 Å². The summed E-state index contributed by atoms with van der Waals surface area (Å²) >= 11 is 6.02. The lowest BCUT2D eigenvalue weighted by atomic mass is 9.98. The highest BCUT2D eigenvalue weighted by molar-refractivity contribution is 6.31. The number of amides is 1. The van der Waals surface area contributed by atoms with Crippen molar-refractivity contribution in [3.63, 3.8) is 0 Å². The molecular formula is C14H19ClN2O. The van der Waals surface area contributed by atoms with Crippen LogP contribution in [-0.4, -0.2) is 25.5 Å². The molecule has 1 amide bonds. The fourth-order valence-electron chi connectivity index (χ4n) is 2.27. The Kier molecular flexibility index (Phi) is 4.61. The Labute approximate surface area is 113 Å². The molecule has 2 N–H and O–H groups in total. The third kappa shape index (κ3) is 3.24. The minimum absolute atomic E-state index is 0.0199. The zero-order valence-electron chi connectivity index (χ0n) is 10.6. The molecule has 0 bridgehead atoms. The van der Waals surface area contributed by atoms with Gasteiger partial charge >= 0.3 is 0 Å². The molecule has 1 aliphatic heterocycles. The molecular weight excluding hydrogens is 248 g/mol. The van der Waals surface area contributed by atoms with Gasteiger partial charge in [-0.2, -0.15) is 0 Å². The van der Waals surface area contributed by atoms with E-state index in [-0.39, 0.29) is 5.91 Å². The predicted octanol–water partition coefficient (Wildman–Crippen LogP) is 2.38. The van der Waals surface area contributed by atoms with Gasteiger partial charge in [0.15, 0.2) is 0 Å². The number of carbonyl (C=O) groups is 1. The van der Waals surface area contributed by atoms with E-state index in [1.807, 2.05) is 19.1 Å². The molecule has 0 unspecified atom stereocenters. The van der Waals surface area contributed by atoms with E-state index in [9.17, 15) is 4.79 Å². The largest absolute Gasteiger partial charge is 0.352 e. The van der Waals surface area contributed by atoms with Gasteiger partial charge in [0.25, 0.3) is 5.91 Å². The molecule has 1 saturated heterocycles. The second-order valence-electron chi connectivity index (χ2n) is 4.82. The number of nitrogens with one attached hydrogen (secondary N) is 2. The fourth-order valence-corrected chi connectivity index (χ4v) is 2.45. The first-order valence-corrected chi connectivity index (χ1v) is 6.80. The van der Waals surface area contributed by atoms with Crippen molar-refractivity contribution in [2.75, 3.05) is 19.6 Å². The first kappa shape index (κ1) is 13.4. The van der Waals surface area contributed by atoms with Crippen LogP contribution in [0.1, 0.15) is 28.8 Å². The summed E-state index contributed by atoms with van der Waals surface area (Å²) in [7, 11) is 0. The van der Waals surface area contributed by atoms with Crippen LogP contribution in [0.2, 0.25) is 5.02 Å². The quantitative estimate of drug-likeness (QED) is 0.882. The van der Waals surface area contributed by atoms with Gasteiger partial charge < -0.3 is 10.6 Å². The topological polar surface area (TPSA) is 41.1 Å². The molecule has 1 fully saturated rings. The molecule has 0 spiro atoms. The summed E-state index contributed by atoms with van der Waals surface area (Å²) < 4.78 is 0. The lowest BCUT2D eigenvalue weighted by molar-refractivity contribution is 0.0943. The summed E-state index contributed by atoms with van der Waals surface area (Å²) in [6.07, 6.45) is 2.27. The van der Waals surface area contributed by atoms with Crippen LogP contribution in [0.5, 0.6) is 0 Å². The average Bonchev–Trinajstić information content (AvgIpc) is 2.40. The van der Waals surface area contributed by atoms with Crippen molar-refractivity contribution < 1.29 is 4.79 Å². The molecule has 0 atom stereocenters. The number of carbonyl (C=O) groups excluding carboxylic acids is 1. The van der Waals surface area contributed by atoms with Gasteiger partial charge in [0.05, 0.1) is 0 Å². The molecule has 1 heterocycles. The third-order valence-corrected chi connectivity index (χ3v) is 3.93. The normalized spacial score (nSPS) is 16.6. The summed E-state index contributed by atoms with van der Waals surface area (Å²) in [6, 6.07) is 5.44. The molecule has 98 valence electrons. The van der Waals surface area contributed by atoms with Crippen LogP contribution in [0.25, 0.3) is 0 Å². The van der Waals surface area contributed by atoms with Crippen molar-refractivity contribution in [2.24, 2.45) is 5.92 Å². The molecule has 0 aliphatic carbocycles. The van der Waals surface area contributed by atoms with E-state index in [0.717, 1.165) is 38.0 Å². The molecule has 18 heavy (non-hydrogen) atoms. The molecule has 0 radical (unpaired) electrons. The van der Waals surface area contributed by atoms with Crippen LogP contribution >= 0.6 is 11.6 Å². The van der Waals surface area contributed by atoms with Gasteiger partial charge in [0, 0.05) is 17.1 Å². The minimum Gasteiger partial charge on any atom is -0.352 e. The van der Waals surface area contributed by atoms with Crippen LogP contribution in [-0.2, 0) is 0 Å². The van der Waals surface area contributed by atoms with Crippen molar-refractivity contribution in [2.45, 2.75) is 19.8 Å². The SMILES string of the molecule is Cc1c(Cl)cccc1C(=O)NCC1CCNCC1. The number of halogens is 1. The molecule has 3 nitrogen and oxygen atoms in total. The number of piperidine rings is 1. The van der Waals surface area contributed by atoms with Gasteiger partial charge in [-0.3, -0.25) is 4.79 Å². The highest BCUT2D eigenvalue weighted by atomic mass is 35.5. The smallest absolute Gasteiger partial charge is 0.251 e. The molecule has 4 heteroatoms. The molecule has 1 aliphatic rings. The lowest BCUT2D eigenvalue weighted by Gasteiger charge is -2.22. The van der Waals surface area contributed by atoms with E-state index in [1.54, 1.807) is 6.07 Å². The molecule has 2 rings (SSSR count). The van der Waals surface area contributed by atoms with Crippen LogP contribution in [0.4, 0.5) is 0 Å². The Bertz CT molecular complexity index is 428. The fraction of sp³-hybridized carbons (Fsp3) is 0.500. The first-order chi connectivity index (χ1) is 8.68. The predicted molar refractivity (Wildman–Crippen MR) is 74.1 cm³/mol.